The van der Waals surface area contributed by atoms with E-state index in [-0.39, 0.29) is 6.54 Å². The lowest BCUT2D eigenvalue weighted by Gasteiger charge is -2.24. The number of rotatable bonds is 2. The second kappa shape index (κ2) is 7.04. The van der Waals surface area contributed by atoms with Gasteiger partial charge in [-0.25, -0.2) is 27.2 Å². The van der Waals surface area contributed by atoms with Gasteiger partial charge in [0.15, 0.2) is 5.82 Å². The van der Waals surface area contributed by atoms with E-state index < -0.39 is 21.9 Å². The fourth-order valence-corrected chi connectivity index (χ4v) is 5.88. The molecule has 0 radical (unpaired) electrons. The second-order valence-electron chi connectivity index (χ2n) is 6.40. The molecule has 7 nitrogen and oxygen atoms in total. The molecule has 0 aliphatic carbocycles. The minimum absolute atomic E-state index is 0.287. The number of halogens is 2. The molecule has 3 aromatic rings. The molecule has 0 bridgehead atoms. The summed E-state index contributed by atoms with van der Waals surface area (Å²) in [5.74, 6) is -0.113. The van der Waals surface area contributed by atoms with Crippen LogP contribution >= 0.6 is 33.9 Å². The first-order chi connectivity index (χ1) is 13.2. The number of ether oxygens (including phenoxy) is 1. The van der Waals surface area contributed by atoms with Crippen molar-refractivity contribution in [1.82, 2.24) is 13.9 Å². The van der Waals surface area contributed by atoms with Crippen LogP contribution in [0, 0.1) is 9.39 Å². The van der Waals surface area contributed by atoms with Gasteiger partial charge in [0, 0.05) is 27.6 Å². The minimum atomic E-state index is -3.28. The average molecular weight is 535 g/mol. The lowest BCUT2D eigenvalue weighted by molar-refractivity contribution is 0.174. The Kier molecular flexibility index (Phi) is 4.96. The Morgan fingerprint density at radius 3 is 2.79 bits per heavy atom. The van der Waals surface area contributed by atoms with Crippen LogP contribution < -0.4 is 0 Å². The Hall–Kier alpha value is -1.57. The van der Waals surface area contributed by atoms with Crippen LogP contribution in [-0.4, -0.2) is 48.3 Å². The van der Waals surface area contributed by atoms with Crippen molar-refractivity contribution in [3.63, 3.8) is 0 Å². The van der Waals surface area contributed by atoms with Crippen LogP contribution in [0.2, 0.25) is 0 Å². The summed E-state index contributed by atoms with van der Waals surface area (Å²) in [6.07, 6.45) is 1.12. The van der Waals surface area contributed by atoms with E-state index in [9.17, 15) is 17.6 Å². The summed E-state index contributed by atoms with van der Waals surface area (Å²) in [6.45, 7) is 0.706. The zero-order valence-corrected chi connectivity index (χ0v) is 18.7. The van der Waals surface area contributed by atoms with Crippen molar-refractivity contribution in [1.29, 1.82) is 0 Å². The van der Waals surface area contributed by atoms with E-state index in [1.807, 2.05) is 28.7 Å². The molecule has 1 aliphatic rings. The van der Waals surface area contributed by atoms with Gasteiger partial charge in [-0.15, -0.1) is 11.3 Å². The van der Waals surface area contributed by atoms with Gasteiger partial charge in [-0.3, -0.25) is 0 Å². The van der Waals surface area contributed by atoms with E-state index in [1.165, 1.54) is 45.7 Å². The molecule has 0 N–H and O–H groups in total. The highest BCUT2D eigenvalue weighted by molar-refractivity contribution is 14.1. The number of carbonyl (C=O) groups excluding carboxylic acids is 1. The Balaban J connectivity index is 1.88. The number of nitrogens with zero attached hydrogens (tertiary/aromatic N) is 3. The molecule has 0 saturated heterocycles. The van der Waals surface area contributed by atoms with Gasteiger partial charge in [-0.1, -0.05) is 0 Å². The molecular weight excluding hydrogens is 520 g/mol. The third-order valence-electron chi connectivity index (χ3n) is 4.56. The number of hydrogen-bond acceptors (Lipinski definition) is 6. The summed E-state index contributed by atoms with van der Waals surface area (Å²) in [5.41, 5.74) is 1.72. The predicted molar refractivity (Wildman–Crippen MR) is 112 cm³/mol. The van der Waals surface area contributed by atoms with E-state index in [0.29, 0.717) is 38.3 Å². The van der Waals surface area contributed by atoms with Gasteiger partial charge in [0.1, 0.15) is 11.3 Å². The summed E-state index contributed by atoms with van der Waals surface area (Å²) < 4.78 is 45.8. The maximum atomic E-state index is 13.9. The van der Waals surface area contributed by atoms with E-state index in [0.717, 1.165) is 10.4 Å². The Bertz CT molecular complexity index is 1220. The summed E-state index contributed by atoms with van der Waals surface area (Å²) in [5, 5.41) is 0. The number of fused-ring (bicyclic) bond motifs is 2. The highest BCUT2D eigenvalue weighted by Gasteiger charge is 2.28. The molecule has 0 unspecified atom stereocenters. The van der Waals surface area contributed by atoms with Crippen LogP contribution in [0.15, 0.2) is 18.2 Å². The molecule has 1 aliphatic heterocycles. The number of methoxy groups -OCH3 is 1. The molecule has 148 valence electrons. The molecule has 0 spiro atoms. The molecule has 0 saturated carbocycles. The lowest BCUT2D eigenvalue weighted by Crippen LogP contribution is -2.34. The third kappa shape index (κ3) is 3.33. The van der Waals surface area contributed by atoms with Crippen LogP contribution in [0.5, 0.6) is 0 Å². The van der Waals surface area contributed by atoms with Crippen molar-refractivity contribution in [3.8, 4) is 10.7 Å². The number of carbonyl (C=O) groups is 1. The molecule has 0 atom stereocenters. The second-order valence-corrected chi connectivity index (χ2v) is 10.7. The number of aromatic nitrogens is 2. The Morgan fingerprint density at radius 2 is 2.11 bits per heavy atom. The van der Waals surface area contributed by atoms with Gasteiger partial charge >= 0.3 is 6.09 Å². The van der Waals surface area contributed by atoms with E-state index in [2.05, 4.69) is 4.98 Å². The molecular formula is C17H15FIN3O4S2. The molecule has 0 amide bonds. The standard InChI is InChI=1S/C17H15FIN3O4S2/c1-26-17(23)22-12-7-10(18)6-11(19)15(12)20-16(22)14-5-9-8-21(28(2,24)25)4-3-13(9)27-14/h5-7H,3-4,8H2,1-2H3. The monoisotopic (exact) mass is 535 g/mol. The Morgan fingerprint density at radius 1 is 1.36 bits per heavy atom. The van der Waals surface area contributed by atoms with Gasteiger partial charge in [-0.2, -0.15) is 4.31 Å². The lowest BCUT2D eigenvalue weighted by atomic mass is 10.1. The van der Waals surface area contributed by atoms with E-state index >= 15 is 0 Å². The number of thiophene rings is 1. The average Bonchev–Trinajstić information content (AvgIpc) is 3.20. The highest BCUT2D eigenvalue weighted by Crippen LogP contribution is 2.37. The van der Waals surface area contributed by atoms with Crippen LogP contribution in [-0.2, 0) is 27.7 Å². The van der Waals surface area contributed by atoms with Crippen LogP contribution in [0.1, 0.15) is 10.4 Å². The van der Waals surface area contributed by atoms with Crippen molar-refractivity contribution in [2.24, 2.45) is 0 Å². The van der Waals surface area contributed by atoms with Crippen molar-refractivity contribution in [2.75, 3.05) is 19.9 Å². The number of sulfonamides is 1. The maximum absolute atomic E-state index is 13.9. The zero-order chi connectivity index (χ0) is 20.2. The first kappa shape index (κ1) is 19.7. The van der Waals surface area contributed by atoms with Crippen LogP contribution in [0.3, 0.4) is 0 Å². The van der Waals surface area contributed by atoms with Crippen molar-refractivity contribution in [2.45, 2.75) is 13.0 Å². The fourth-order valence-electron chi connectivity index (χ4n) is 3.25. The zero-order valence-electron chi connectivity index (χ0n) is 14.9. The van der Waals surface area contributed by atoms with Gasteiger partial charge in [0.05, 0.1) is 23.8 Å². The Labute approximate surface area is 178 Å². The van der Waals surface area contributed by atoms with E-state index in [4.69, 9.17) is 4.74 Å². The van der Waals surface area contributed by atoms with Crippen LogP contribution in [0.4, 0.5) is 9.18 Å². The number of hydrogen-bond donors (Lipinski definition) is 0. The minimum Gasteiger partial charge on any atom is -0.452 e. The van der Waals surface area contributed by atoms with Crippen molar-refractivity contribution in [3.05, 3.63) is 38.0 Å². The normalized spacial score (nSPS) is 15.0. The fraction of sp³-hybridized carbons (Fsp3) is 0.294. The summed E-state index contributed by atoms with van der Waals surface area (Å²) in [4.78, 5) is 18.8. The van der Waals surface area contributed by atoms with Gasteiger partial charge < -0.3 is 4.74 Å². The highest BCUT2D eigenvalue weighted by atomic mass is 127. The smallest absolute Gasteiger partial charge is 0.420 e. The number of benzene rings is 1. The first-order valence-electron chi connectivity index (χ1n) is 8.22. The van der Waals surface area contributed by atoms with Crippen molar-refractivity contribution >= 4 is 61.1 Å². The largest absolute Gasteiger partial charge is 0.452 e. The van der Waals surface area contributed by atoms with Gasteiger partial charge in [0.25, 0.3) is 0 Å². The predicted octanol–water partition coefficient (Wildman–Crippen LogP) is 3.44. The van der Waals surface area contributed by atoms with E-state index in [1.54, 1.807) is 0 Å². The molecule has 1 aromatic carbocycles. The molecule has 11 heteroatoms. The molecule has 4 rings (SSSR count). The number of imidazole rings is 1. The summed E-state index contributed by atoms with van der Waals surface area (Å²) in [6, 6.07) is 4.45. The summed E-state index contributed by atoms with van der Waals surface area (Å²) in [7, 11) is -2.02. The third-order valence-corrected chi connectivity index (χ3v) is 7.86. The molecule has 28 heavy (non-hydrogen) atoms. The quantitative estimate of drug-likeness (QED) is 0.470. The van der Waals surface area contributed by atoms with Gasteiger partial charge in [-0.05, 0) is 46.7 Å². The molecule has 3 heterocycles. The summed E-state index contributed by atoms with van der Waals surface area (Å²) >= 11 is 3.44. The van der Waals surface area contributed by atoms with Crippen molar-refractivity contribution < 1.29 is 22.3 Å². The van der Waals surface area contributed by atoms with Gasteiger partial charge in [0.2, 0.25) is 10.0 Å². The van der Waals surface area contributed by atoms with Crippen LogP contribution in [0.25, 0.3) is 21.7 Å². The molecule has 2 aromatic heterocycles. The first-order valence-corrected chi connectivity index (χ1v) is 12.0. The topological polar surface area (TPSA) is 81.5 Å². The molecule has 0 fully saturated rings. The maximum Gasteiger partial charge on any atom is 0.420 e. The SMILES string of the molecule is COC(=O)n1c(-c2cc3c(s2)CCN(S(C)(=O)=O)C3)nc2c(I)cc(F)cc21.